The first-order valence-electron chi connectivity index (χ1n) is 6.18. The van der Waals surface area contributed by atoms with Gasteiger partial charge in [-0.1, -0.05) is 18.2 Å². The summed E-state index contributed by atoms with van der Waals surface area (Å²) < 4.78 is 5.13. The molecule has 1 aromatic carbocycles. The van der Waals surface area contributed by atoms with E-state index in [4.69, 9.17) is 4.74 Å². The second kappa shape index (κ2) is 4.92. The van der Waals surface area contributed by atoms with Crippen LogP contribution in [0, 0.1) is 0 Å². The number of fused-ring (bicyclic) bond motifs is 1. The lowest BCUT2D eigenvalue weighted by Gasteiger charge is -2.21. The molecule has 0 unspecified atom stereocenters. The molecule has 0 aromatic heterocycles. The van der Waals surface area contributed by atoms with E-state index in [1.165, 1.54) is 6.08 Å². The molecule has 0 heterocycles. The summed E-state index contributed by atoms with van der Waals surface area (Å²) in [5.74, 6) is -1.23. The van der Waals surface area contributed by atoms with Crippen LogP contribution in [0.4, 0.5) is 10.5 Å². The lowest BCUT2D eigenvalue weighted by Crippen LogP contribution is -2.28. The van der Waals surface area contributed by atoms with Gasteiger partial charge in [-0.15, -0.1) is 0 Å². The molecule has 1 aromatic rings. The number of carbonyl (C=O) groups is 3. The number of Topliss-reactive ketones (excluding diaryl/α,β-unsaturated/α-hetero) is 1. The normalized spacial score (nSPS) is 13.9. The Labute approximate surface area is 116 Å². The third kappa shape index (κ3) is 2.93. The summed E-state index contributed by atoms with van der Waals surface area (Å²) in [5.41, 5.74) is 0.437. The molecule has 20 heavy (non-hydrogen) atoms. The molecule has 1 amide bonds. The maximum Gasteiger partial charge on any atom is 0.412 e. The Bertz CT molecular complexity index is 623. The monoisotopic (exact) mass is 273 g/mol. The van der Waals surface area contributed by atoms with E-state index in [0.717, 1.165) is 0 Å². The molecule has 0 radical (unpaired) electrons. The number of anilines is 1. The Kier molecular flexibility index (Phi) is 3.44. The molecule has 0 aliphatic heterocycles. The SMILES string of the molecule is CC(C)(C)OC(=O)Nc1cccc2c1C(=O)C(=O)C=C2. The maximum atomic E-state index is 11.9. The van der Waals surface area contributed by atoms with Crippen molar-refractivity contribution >= 4 is 29.4 Å². The standard InChI is InChI=1S/C15H15NO4/c1-15(2,3)20-14(19)16-10-6-4-5-9-7-8-11(17)13(18)12(9)10/h4-8H,1-3H3,(H,16,19). The van der Waals surface area contributed by atoms with Crippen LogP contribution in [0.5, 0.6) is 0 Å². The minimum Gasteiger partial charge on any atom is -0.444 e. The van der Waals surface area contributed by atoms with Gasteiger partial charge in [0, 0.05) is 0 Å². The molecule has 0 saturated heterocycles. The number of allylic oxidation sites excluding steroid dienone is 1. The average molecular weight is 273 g/mol. The van der Waals surface area contributed by atoms with Gasteiger partial charge < -0.3 is 4.74 Å². The van der Waals surface area contributed by atoms with E-state index >= 15 is 0 Å². The zero-order chi connectivity index (χ0) is 14.9. The molecule has 1 aliphatic rings. The minimum atomic E-state index is -0.666. The van der Waals surface area contributed by atoms with Gasteiger partial charge in [0.2, 0.25) is 11.6 Å². The Morgan fingerprint density at radius 1 is 1.15 bits per heavy atom. The first-order chi connectivity index (χ1) is 9.28. The highest BCUT2D eigenvalue weighted by molar-refractivity contribution is 6.51. The summed E-state index contributed by atoms with van der Waals surface area (Å²) in [6.07, 6.45) is 2.11. The van der Waals surface area contributed by atoms with Gasteiger partial charge in [0.15, 0.2) is 0 Å². The fraction of sp³-hybridized carbons (Fsp3) is 0.267. The van der Waals surface area contributed by atoms with E-state index in [1.54, 1.807) is 45.0 Å². The highest BCUT2D eigenvalue weighted by atomic mass is 16.6. The minimum absolute atomic E-state index is 0.200. The summed E-state index contributed by atoms with van der Waals surface area (Å²) in [4.78, 5) is 35.1. The van der Waals surface area contributed by atoms with Gasteiger partial charge in [-0.25, -0.2) is 4.79 Å². The van der Waals surface area contributed by atoms with Crippen molar-refractivity contribution in [2.24, 2.45) is 0 Å². The van der Waals surface area contributed by atoms with Crippen molar-refractivity contribution in [2.75, 3.05) is 5.32 Å². The van der Waals surface area contributed by atoms with Crippen molar-refractivity contribution in [1.29, 1.82) is 0 Å². The van der Waals surface area contributed by atoms with Crippen LogP contribution in [-0.2, 0) is 9.53 Å². The largest absolute Gasteiger partial charge is 0.444 e. The lowest BCUT2D eigenvalue weighted by atomic mass is 9.94. The molecule has 0 fully saturated rings. The van der Waals surface area contributed by atoms with Crippen LogP contribution in [0.15, 0.2) is 24.3 Å². The van der Waals surface area contributed by atoms with Gasteiger partial charge >= 0.3 is 6.09 Å². The van der Waals surface area contributed by atoms with Crippen LogP contribution >= 0.6 is 0 Å². The molecule has 0 saturated carbocycles. The molecular weight excluding hydrogens is 258 g/mol. The fourth-order valence-electron chi connectivity index (χ4n) is 1.84. The Hall–Kier alpha value is -2.43. The number of nitrogens with one attached hydrogen (secondary N) is 1. The van der Waals surface area contributed by atoms with E-state index in [1.807, 2.05) is 0 Å². The van der Waals surface area contributed by atoms with E-state index in [-0.39, 0.29) is 11.3 Å². The molecule has 0 atom stereocenters. The van der Waals surface area contributed by atoms with Crippen LogP contribution in [-0.4, -0.2) is 23.3 Å². The predicted octanol–water partition coefficient (Wildman–Crippen LogP) is 2.81. The Balaban J connectivity index is 2.31. The highest BCUT2D eigenvalue weighted by Crippen LogP contribution is 2.26. The molecule has 104 valence electrons. The Morgan fingerprint density at radius 3 is 2.50 bits per heavy atom. The van der Waals surface area contributed by atoms with Crippen LogP contribution in [0.1, 0.15) is 36.7 Å². The molecule has 1 aliphatic carbocycles. The van der Waals surface area contributed by atoms with Crippen molar-refractivity contribution in [3.63, 3.8) is 0 Å². The third-order valence-corrected chi connectivity index (χ3v) is 2.60. The second-order valence-corrected chi connectivity index (χ2v) is 5.42. The van der Waals surface area contributed by atoms with E-state index in [0.29, 0.717) is 5.56 Å². The zero-order valence-electron chi connectivity index (χ0n) is 11.5. The lowest BCUT2D eigenvalue weighted by molar-refractivity contribution is -0.110. The van der Waals surface area contributed by atoms with Gasteiger partial charge in [0.1, 0.15) is 5.60 Å². The van der Waals surface area contributed by atoms with Gasteiger partial charge in [-0.2, -0.15) is 0 Å². The number of hydrogen-bond donors (Lipinski definition) is 1. The molecule has 5 heteroatoms. The smallest absolute Gasteiger partial charge is 0.412 e. The molecule has 2 rings (SSSR count). The molecule has 5 nitrogen and oxygen atoms in total. The Morgan fingerprint density at radius 2 is 1.85 bits per heavy atom. The van der Waals surface area contributed by atoms with Crippen molar-refractivity contribution in [1.82, 2.24) is 0 Å². The van der Waals surface area contributed by atoms with Crippen LogP contribution in [0.3, 0.4) is 0 Å². The van der Waals surface area contributed by atoms with Gasteiger partial charge in [-0.3, -0.25) is 14.9 Å². The van der Waals surface area contributed by atoms with Crippen LogP contribution < -0.4 is 5.32 Å². The molecule has 0 bridgehead atoms. The van der Waals surface area contributed by atoms with Crippen molar-refractivity contribution in [3.05, 3.63) is 35.4 Å². The molecule has 0 spiro atoms. The quantitative estimate of drug-likeness (QED) is 0.798. The average Bonchev–Trinajstić information content (AvgIpc) is 2.31. The third-order valence-electron chi connectivity index (χ3n) is 2.60. The first-order valence-corrected chi connectivity index (χ1v) is 6.18. The summed E-state index contributed by atoms with van der Waals surface area (Å²) >= 11 is 0. The van der Waals surface area contributed by atoms with Crippen molar-refractivity contribution in [3.8, 4) is 0 Å². The maximum absolute atomic E-state index is 11.9. The highest BCUT2D eigenvalue weighted by Gasteiger charge is 2.25. The number of hydrogen-bond acceptors (Lipinski definition) is 4. The van der Waals surface area contributed by atoms with E-state index < -0.39 is 23.3 Å². The van der Waals surface area contributed by atoms with E-state index in [9.17, 15) is 14.4 Å². The van der Waals surface area contributed by atoms with E-state index in [2.05, 4.69) is 5.32 Å². The summed E-state index contributed by atoms with van der Waals surface area (Å²) in [6, 6.07) is 4.96. The number of benzene rings is 1. The van der Waals surface area contributed by atoms with Gasteiger partial charge in [0.05, 0.1) is 11.3 Å². The van der Waals surface area contributed by atoms with Gasteiger partial charge in [-0.05, 0) is 38.5 Å². The number of carbonyl (C=O) groups excluding carboxylic acids is 3. The van der Waals surface area contributed by atoms with Crippen LogP contribution in [0.25, 0.3) is 6.08 Å². The first kappa shape index (κ1) is 14.0. The van der Waals surface area contributed by atoms with Crippen molar-refractivity contribution in [2.45, 2.75) is 26.4 Å². The number of amides is 1. The van der Waals surface area contributed by atoms with Gasteiger partial charge in [0.25, 0.3) is 0 Å². The summed E-state index contributed by atoms with van der Waals surface area (Å²) in [7, 11) is 0. The summed E-state index contributed by atoms with van der Waals surface area (Å²) in [5, 5.41) is 2.51. The fourth-order valence-corrected chi connectivity index (χ4v) is 1.84. The number of ether oxygens (including phenoxy) is 1. The number of ketones is 2. The predicted molar refractivity (Wildman–Crippen MR) is 74.7 cm³/mol. The van der Waals surface area contributed by atoms with Crippen LogP contribution in [0.2, 0.25) is 0 Å². The second-order valence-electron chi connectivity index (χ2n) is 5.42. The topological polar surface area (TPSA) is 72.5 Å². The van der Waals surface area contributed by atoms with Crippen molar-refractivity contribution < 1.29 is 19.1 Å². The molecular formula is C15H15NO4. The zero-order valence-corrected chi connectivity index (χ0v) is 11.5. The molecule has 1 N–H and O–H groups in total. The number of rotatable bonds is 1. The summed E-state index contributed by atoms with van der Waals surface area (Å²) in [6.45, 7) is 5.22.